The Hall–Kier alpha value is -1.89. The normalized spacial score (nSPS) is 9.88. The van der Waals surface area contributed by atoms with E-state index in [0.29, 0.717) is 0 Å². The molecule has 0 saturated heterocycles. The maximum absolute atomic E-state index is 13.7. The smallest absolute Gasteiger partial charge is 0.350 e. The number of benzene rings is 1. The van der Waals surface area contributed by atoms with Gasteiger partial charge in [0.2, 0.25) is 11.6 Å². The van der Waals surface area contributed by atoms with E-state index in [4.69, 9.17) is 16.3 Å². The van der Waals surface area contributed by atoms with Gasteiger partial charge in [-0.3, -0.25) is 14.9 Å². The molecule has 0 heterocycles. The van der Waals surface area contributed by atoms with Crippen LogP contribution >= 0.6 is 11.6 Å². The highest BCUT2D eigenvalue weighted by Gasteiger charge is 2.31. The van der Waals surface area contributed by atoms with Crippen molar-refractivity contribution < 1.29 is 23.6 Å². The van der Waals surface area contributed by atoms with Crippen molar-refractivity contribution in [3.63, 3.8) is 0 Å². The molecule has 0 aliphatic rings. The highest BCUT2D eigenvalue weighted by atomic mass is 35.5. The van der Waals surface area contributed by atoms with Gasteiger partial charge < -0.3 is 9.47 Å². The minimum Gasteiger partial charge on any atom is -0.493 e. The van der Waals surface area contributed by atoms with Crippen molar-refractivity contribution in [2.45, 2.75) is 0 Å². The fraction of sp³-hybridized carbons (Fsp3) is 0.222. The molecule has 8 heteroatoms. The summed E-state index contributed by atoms with van der Waals surface area (Å²) in [5.74, 6) is -1.91. The molecule has 0 atom stereocenters. The zero-order chi connectivity index (χ0) is 13.2. The van der Waals surface area contributed by atoms with Crippen LogP contribution in [-0.4, -0.2) is 24.4 Å². The Morgan fingerprint density at radius 1 is 1.47 bits per heavy atom. The van der Waals surface area contributed by atoms with Crippen LogP contribution in [0.4, 0.5) is 10.1 Å². The van der Waals surface area contributed by atoms with E-state index in [9.17, 15) is 19.3 Å². The van der Waals surface area contributed by atoms with Crippen molar-refractivity contribution in [1.29, 1.82) is 0 Å². The zero-order valence-corrected chi connectivity index (χ0v) is 9.58. The minimum atomic E-state index is -1.35. The van der Waals surface area contributed by atoms with Gasteiger partial charge in [-0.05, 0) is 17.7 Å². The molecule has 0 bridgehead atoms. The largest absolute Gasteiger partial charge is 0.493 e. The molecule has 0 spiro atoms. The summed E-state index contributed by atoms with van der Waals surface area (Å²) in [4.78, 5) is 20.6. The van der Waals surface area contributed by atoms with Gasteiger partial charge in [0.05, 0.1) is 24.7 Å². The summed E-state index contributed by atoms with van der Waals surface area (Å²) in [6.07, 6.45) is 0. The molecule has 0 aromatic heterocycles. The topological polar surface area (TPSA) is 78.7 Å². The number of nitrogens with zero attached hydrogens (tertiary/aromatic N) is 1. The number of methoxy groups -OCH3 is 2. The van der Waals surface area contributed by atoms with Crippen molar-refractivity contribution in [3.05, 3.63) is 27.6 Å². The monoisotopic (exact) mass is 263 g/mol. The summed E-state index contributed by atoms with van der Waals surface area (Å²) < 4.78 is 23.1. The summed E-state index contributed by atoms with van der Waals surface area (Å²) in [6.45, 7) is 0. The van der Waals surface area contributed by atoms with Gasteiger partial charge in [-0.1, -0.05) is 0 Å². The van der Waals surface area contributed by atoms with Gasteiger partial charge in [-0.2, -0.15) is 4.39 Å². The van der Waals surface area contributed by atoms with Gasteiger partial charge in [0.1, 0.15) is 0 Å². The van der Waals surface area contributed by atoms with Gasteiger partial charge in [0.15, 0.2) is 5.75 Å². The van der Waals surface area contributed by atoms with Gasteiger partial charge in [-0.15, -0.1) is 0 Å². The van der Waals surface area contributed by atoms with Crippen LogP contribution in [0.1, 0.15) is 10.4 Å². The average Bonchev–Trinajstić information content (AvgIpc) is 2.26. The summed E-state index contributed by atoms with van der Waals surface area (Å²) in [5.41, 5.74) is -1.63. The second-order valence-electron chi connectivity index (χ2n) is 2.85. The molecule has 92 valence electrons. The second kappa shape index (κ2) is 4.96. The van der Waals surface area contributed by atoms with Crippen LogP contribution in [0.15, 0.2) is 6.07 Å². The Morgan fingerprint density at radius 3 is 2.41 bits per heavy atom. The SMILES string of the molecule is COc1cc(C(=O)Cl)c(F)c([N+](=O)[O-])c1OC. The summed E-state index contributed by atoms with van der Waals surface area (Å²) in [7, 11) is 2.31. The van der Waals surface area contributed by atoms with E-state index in [1.54, 1.807) is 0 Å². The van der Waals surface area contributed by atoms with Crippen molar-refractivity contribution in [2.24, 2.45) is 0 Å². The quantitative estimate of drug-likeness (QED) is 0.472. The van der Waals surface area contributed by atoms with Crippen LogP contribution < -0.4 is 9.47 Å². The number of ether oxygens (including phenoxy) is 2. The lowest BCUT2D eigenvalue weighted by Crippen LogP contribution is -2.05. The molecule has 0 N–H and O–H groups in total. The maximum atomic E-state index is 13.7. The third-order valence-corrected chi connectivity index (χ3v) is 2.18. The molecular formula is C9H7ClFNO5. The van der Waals surface area contributed by atoms with E-state index >= 15 is 0 Å². The van der Waals surface area contributed by atoms with Crippen molar-refractivity contribution >= 4 is 22.5 Å². The Kier molecular flexibility index (Phi) is 3.84. The molecule has 0 aliphatic carbocycles. The number of halogens is 2. The third-order valence-electron chi connectivity index (χ3n) is 1.98. The van der Waals surface area contributed by atoms with Crippen LogP contribution in [0.5, 0.6) is 11.5 Å². The third kappa shape index (κ3) is 2.28. The van der Waals surface area contributed by atoms with E-state index in [1.807, 2.05) is 0 Å². The summed E-state index contributed by atoms with van der Waals surface area (Å²) >= 11 is 5.11. The first-order valence-corrected chi connectivity index (χ1v) is 4.60. The van der Waals surface area contributed by atoms with Crippen LogP contribution in [0, 0.1) is 15.9 Å². The molecular weight excluding hydrogens is 257 g/mol. The molecule has 1 rings (SSSR count). The number of hydrogen-bond donors (Lipinski definition) is 0. The molecule has 0 unspecified atom stereocenters. The summed E-state index contributed by atoms with van der Waals surface area (Å²) in [6, 6.07) is 0.941. The fourth-order valence-corrected chi connectivity index (χ4v) is 1.40. The number of carbonyl (C=O) groups excluding carboxylic acids is 1. The lowest BCUT2D eigenvalue weighted by atomic mass is 10.1. The maximum Gasteiger partial charge on any atom is 0.350 e. The van der Waals surface area contributed by atoms with Crippen LogP contribution in [0.2, 0.25) is 0 Å². The molecule has 17 heavy (non-hydrogen) atoms. The Labute approximate surface area is 100 Å². The number of carbonyl (C=O) groups is 1. The van der Waals surface area contributed by atoms with E-state index in [1.165, 1.54) is 7.11 Å². The van der Waals surface area contributed by atoms with E-state index in [2.05, 4.69) is 4.74 Å². The number of hydrogen-bond acceptors (Lipinski definition) is 5. The molecule has 0 radical (unpaired) electrons. The number of nitro groups is 1. The van der Waals surface area contributed by atoms with Gasteiger partial charge in [0.25, 0.3) is 5.24 Å². The van der Waals surface area contributed by atoms with E-state index < -0.39 is 33.0 Å². The van der Waals surface area contributed by atoms with Crippen LogP contribution in [0.25, 0.3) is 0 Å². The van der Waals surface area contributed by atoms with Crippen molar-refractivity contribution in [2.75, 3.05) is 14.2 Å². The molecule has 0 aliphatic heterocycles. The Balaban J connectivity index is 3.69. The van der Waals surface area contributed by atoms with Gasteiger partial charge >= 0.3 is 5.69 Å². The molecule has 1 aromatic carbocycles. The first-order valence-electron chi connectivity index (χ1n) is 4.22. The second-order valence-corrected chi connectivity index (χ2v) is 3.20. The number of rotatable bonds is 4. The van der Waals surface area contributed by atoms with E-state index in [-0.39, 0.29) is 5.75 Å². The lowest BCUT2D eigenvalue weighted by Gasteiger charge is -2.09. The first-order chi connectivity index (χ1) is 7.93. The zero-order valence-electron chi connectivity index (χ0n) is 8.82. The highest BCUT2D eigenvalue weighted by molar-refractivity contribution is 6.67. The summed E-state index contributed by atoms with van der Waals surface area (Å²) in [5, 5.41) is 9.56. The van der Waals surface area contributed by atoms with E-state index in [0.717, 1.165) is 13.2 Å². The average molecular weight is 264 g/mol. The standard InChI is InChI=1S/C9H7ClFNO5/c1-16-5-3-4(9(10)13)6(11)7(12(14)15)8(5)17-2/h3H,1-2H3. The number of nitro benzene ring substituents is 1. The van der Waals surface area contributed by atoms with Gasteiger partial charge in [0, 0.05) is 0 Å². The first kappa shape index (κ1) is 13.2. The Bertz CT molecular complexity index is 491. The molecule has 0 fully saturated rings. The molecule has 0 amide bonds. The fourth-order valence-electron chi connectivity index (χ4n) is 1.26. The Morgan fingerprint density at radius 2 is 2.06 bits per heavy atom. The minimum absolute atomic E-state index is 0.149. The van der Waals surface area contributed by atoms with Crippen molar-refractivity contribution in [1.82, 2.24) is 0 Å². The van der Waals surface area contributed by atoms with Crippen LogP contribution in [0.3, 0.4) is 0 Å². The predicted molar refractivity (Wildman–Crippen MR) is 56.3 cm³/mol. The van der Waals surface area contributed by atoms with Crippen molar-refractivity contribution in [3.8, 4) is 11.5 Å². The predicted octanol–water partition coefficient (Wildman–Crippen LogP) is 2.13. The van der Waals surface area contributed by atoms with Crippen LogP contribution in [-0.2, 0) is 0 Å². The molecule has 0 saturated carbocycles. The molecule has 1 aromatic rings. The molecule has 6 nitrogen and oxygen atoms in total. The highest BCUT2D eigenvalue weighted by Crippen LogP contribution is 2.40. The van der Waals surface area contributed by atoms with Gasteiger partial charge in [-0.25, -0.2) is 0 Å². The lowest BCUT2D eigenvalue weighted by molar-refractivity contribution is -0.388.